The van der Waals surface area contributed by atoms with Crippen LogP contribution in [-0.2, 0) is 9.53 Å². The zero-order valence-corrected chi connectivity index (χ0v) is 7.75. The molecule has 0 amide bonds. The Labute approximate surface area is 77.4 Å². The average molecular weight is 182 g/mol. The molecule has 72 valence electrons. The standard InChI is InChI=1S/C10H14O3/c1-6-3-4-8(11)10(2)7(6)5-13-9(10)12/h7-8,11H,1,3-5H2,2H3/t7-,8+,10-/m1/s1. The lowest BCUT2D eigenvalue weighted by Gasteiger charge is -2.37. The van der Waals surface area contributed by atoms with Crippen LogP contribution in [0.1, 0.15) is 19.8 Å². The second kappa shape index (κ2) is 2.58. The van der Waals surface area contributed by atoms with E-state index >= 15 is 0 Å². The molecule has 13 heavy (non-hydrogen) atoms. The molecule has 0 radical (unpaired) electrons. The number of hydrogen-bond donors (Lipinski definition) is 1. The Bertz CT molecular complexity index is 271. The molecule has 2 aliphatic rings. The number of carbonyl (C=O) groups excluding carboxylic acids is 1. The van der Waals surface area contributed by atoms with Crippen LogP contribution < -0.4 is 0 Å². The number of hydrogen-bond acceptors (Lipinski definition) is 3. The van der Waals surface area contributed by atoms with Crippen molar-refractivity contribution < 1.29 is 14.6 Å². The number of ether oxygens (including phenoxy) is 1. The van der Waals surface area contributed by atoms with Gasteiger partial charge in [0, 0.05) is 5.92 Å². The van der Waals surface area contributed by atoms with E-state index in [2.05, 4.69) is 6.58 Å². The summed E-state index contributed by atoms with van der Waals surface area (Å²) in [5.41, 5.74) is 0.314. The van der Waals surface area contributed by atoms with Crippen LogP contribution in [0.25, 0.3) is 0 Å². The Morgan fingerprint density at radius 3 is 3.00 bits per heavy atom. The summed E-state index contributed by atoms with van der Waals surface area (Å²) in [5.74, 6) is -0.255. The van der Waals surface area contributed by atoms with E-state index < -0.39 is 11.5 Å². The number of aliphatic hydroxyl groups is 1. The maximum atomic E-state index is 11.5. The highest BCUT2D eigenvalue weighted by molar-refractivity contribution is 5.80. The summed E-state index contributed by atoms with van der Waals surface area (Å²) in [6.45, 7) is 6.10. The topological polar surface area (TPSA) is 46.5 Å². The fraction of sp³-hybridized carbons (Fsp3) is 0.700. The van der Waals surface area contributed by atoms with Gasteiger partial charge in [0.15, 0.2) is 0 Å². The summed E-state index contributed by atoms with van der Waals surface area (Å²) in [4.78, 5) is 11.5. The molecule has 1 aliphatic carbocycles. The van der Waals surface area contributed by atoms with Gasteiger partial charge < -0.3 is 9.84 Å². The Kier molecular flexibility index (Phi) is 1.74. The molecule has 1 heterocycles. The molecule has 1 saturated carbocycles. The predicted molar refractivity (Wildman–Crippen MR) is 46.9 cm³/mol. The highest BCUT2D eigenvalue weighted by Gasteiger charge is 2.56. The van der Waals surface area contributed by atoms with Gasteiger partial charge in [-0.1, -0.05) is 12.2 Å². The second-order valence-corrected chi connectivity index (χ2v) is 4.15. The van der Waals surface area contributed by atoms with Gasteiger partial charge in [-0.05, 0) is 19.8 Å². The summed E-state index contributed by atoms with van der Waals surface area (Å²) in [6.07, 6.45) is 0.858. The number of esters is 1. The summed E-state index contributed by atoms with van der Waals surface area (Å²) >= 11 is 0. The smallest absolute Gasteiger partial charge is 0.315 e. The second-order valence-electron chi connectivity index (χ2n) is 4.15. The monoisotopic (exact) mass is 182 g/mol. The van der Waals surface area contributed by atoms with Crippen LogP contribution in [0.15, 0.2) is 12.2 Å². The largest absolute Gasteiger partial charge is 0.465 e. The lowest BCUT2D eigenvalue weighted by molar-refractivity contribution is -0.152. The van der Waals surface area contributed by atoms with E-state index in [0.29, 0.717) is 13.0 Å². The van der Waals surface area contributed by atoms with Crippen molar-refractivity contribution in [3.8, 4) is 0 Å². The van der Waals surface area contributed by atoms with E-state index in [-0.39, 0.29) is 11.9 Å². The van der Waals surface area contributed by atoms with E-state index in [1.165, 1.54) is 0 Å². The van der Waals surface area contributed by atoms with Crippen molar-refractivity contribution >= 4 is 5.97 Å². The number of fused-ring (bicyclic) bond motifs is 1. The van der Waals surface area contributed by atoms with Gasteiger partial charge in [0.2, 0.25) is 0 Å². The minimum absolute atomic E-state index is 0.0174. The van der Waals surface area contributed by atoms with Crippen molar-refractivity contribution in [2.45, 2.75) is 25.9 Å². The first kappa shape index (κ1) is 8.75. The van der Waals surface area contributed by atoms with E-state index in [1.807, 2.05) is 0 Å². The van der Waals surface area contributed by atoms with Gasteiger partial charge in [-0.3, -0.25) is 4.79 Å². The van der Waals surface area contributed by atoms with Crippen molar-refractivity contribution in [1.29, 1.82) is 0 Å². The lowest BCUT2D eigenvalue weighted by atomic mass is 9.65. The first-order valence-corrected chi connectivity index (χ1v) is 4.59. The van der Waals surface area contributed by atoms with Gasteiger partial charge in [-0.15, -0.1) is 0 Å². The molecule has 0 aromatic carbocycles. The molecule has 1 aliphatic heterocycles. The number of carbonyl (C=O) groups is 1. The predicted octanol–water partition coefficient (Wildman–Crippen LogP) is 0.877. The van der Waals surface area contributed by atoms with Crippen molar-refractivity contribution in [1.82, 2.24) is 0 Å². The molecule has 3 heteroatoms. The van der Waals surface area contributed by atoms with Crippen molar-refractivity contribution in [3.63, 3.8) is 0 Å². The molecule has 0 aromatic heterocycles. The summed E-state index contributed by atoms with van der Waals surface area (Å²) in [5, 5.41) is 9.78. The Morgan fingerprint density at radius 1 is 1.69 bits per heavy atom. The minimum Gasteiger partial charge on any atom is -0.465 e. The van der Waals surface area contributed by atoms with E-state index in [4.69, 9.17) is 4.74 Å². The summed E-state index contributed by atoms with van der Waals surface area (Å²) in [7, 11) is 0. The SMILES string of the molecule is C=C1CC[C@H](O)[C@]2(C)C(=O)OC[C@H]12. The minimum atomic E-state index is -0.727. The van der Waals surface area contributed by atoms with Crippen LogP contribution in [-0.4, -0.2) is 23.8 Å². The maximum absolute atomic E-state index is 11.5. The fourth-order valence-corrected chi connectivity index (χ4v) is 2.34. The first-order valence-electron chi connectivity index (χ1n) is 4.59. The van der Waals surface area contributed by atoms with Crippen LogP contribution in [0.5, 0.6) is 0 Å². The van der Waals surface area contributed by atoms with Crippen molar-refractivity contribution in [2.24, 2.45) is 11.3 Å². The molecule has 3 nitrogen and oxygen atoms in total. The Morgan fingerprint density at radius 2 is 2.38 bits per heavy atom. The third-order valence-corrected chi connectivity index (χ3v) is 3.47. The Hall–Kier alpha value is -0.830. The van der Waals surface area contributed by atoms with Crippen LogP contribution in [0.3, 0.4) is 0 Å². The van der Waals surface area contributed by atoms with Crippen molar-refractivity contribution in [2.75, 3.05) is 6.61 Å². The quantitative estimate of drug-likeness (QED) is 0.447. The van der Waals surface area contributed by atoms with Crippen LogP contribution in [0, 0.1) is 11.3 Å². The third kappa shape index (κ3) is 0.967. The van der Waals surface area contributed by atoms with Crippen LogP contribution >= 0.6 is 0 Å². The van der Waals surface area contributed by atoms with Crippen LogP contribution in [0.2, 0.25) is 0 Å². The first-order chi connectivity index (χ1) is 6.06. The molecule has 0 spiro atoms. The fourth-order valence-electron chi connectivity index (χ4n) is 2.34. The van der Waals surface area contributed by atoms with Crippen LogP contribution in [0.4, 0.5) is 0 Å². The highest BCUT2D eigenvalue weighted by Crippen LogP contribution is 2.48. The third-order valence-electron chi connectivity index (χ3n) is 3.47. The highest BCUT2D eigenvalue weighted by atomic mass is 16.5. The van der Waals surface area contributed by atoms with E-state index in [1.54, 1.807) is 6.92 Å². The summed E-state index contributed by atoms with van der Waals surface area (Å²) in [6, 6.07) is 0. The molecule has 1 saturated heterocycles. The maximum Gasteiger partial charge on any atom is 0.315 e. The number of rotatable bonds is 0. The molecule has 0 bridgehead atoms. The van der Waals surface area contributed by atoms with Gasteiger partial charge in [0.25, 0.3) is 0 Å². The van der Waals surface area contributed by atoms with Gasteiger partial charge >= 0.3 is 5.97 Å². The Balaban J connectivity index is 2.38. The average Bonchev–Trinajstić information content (AvgIpc) is 2.39. The molecular weight excluding hydrogens is 168 g/mol. The van der Waals surface area contributed by atoms with Gasteiger partial charge in [-0.2, -0.15) is 0 Å². The molecule has 3 atom stereocenters. The number of cyclic esters (lactones) is 1. The zero-order chi connectivity index (χ0) is 9.64. The molecular formula is C10H14O3. The van der Waals surface area contributed by atoms with Gasteiger partial charge in [0.05, 0.1) is 12.7 Å². The van der Waals surface area contributed by atoms with Gasteiger partial charge in [-0.25, -0.2) is 0 Å². The molecule has 0 unspecified atom stereocenters. The van der Waals surface area contributed by atoms with Gasteiger partial charge in [0.1, 0.15) is 5.41 Å². The van der Waals surface area contributed by atoms with Crippen molar-refractivity contribution in [3.05, 3.63) is 12.2 Å². The molecule has 1 N–H and O–H groups in total. The molecule has 0 aromatic rings. The van der Waals surface area contributed by atoms with E-state index in [9.17, 15) is 9.90 Å². The summed E-state index contributed by atoms with van der Waals surface area (Å²) < 4.78 is 4.98. The lowest BCUT2D eigenvalue weighted by Crippen LogP contribution is -2.45. The zero-order valence-electron chi connectivity index (χ0n) is 7.75. The molecule has 2 rings (SSSR count). The number of aliphatic hydroxyl groups excluding tert-OH is 1. The van der Waals surface area contributed by atoms with E-state index in [0.717, 1.165) is 12.0 Å². The molecule has 2 fully saturated rings. The normalized spacial score (nSPS) is 44.5.